The van der Waals surface area contributed by atoms with Gasteiger partial charge >= 0.3 is 0 Å². The Morgan fingerprint density at radius 2 is 1.76 bits per heavy atom. The molecule has 1 fully saturated rings. The molecule has 0 radical (unpaired) electrons. The van der Waals surface area contributed by atoms with Crippen molar-refractivity contribution in [2.75, 3.05) is 18.4 Å². The van der Waals surface area contributed by atoms with E-state index in [0.717, 1.165) is 37.3 Å². The summed E-state index contributed by atoms with van der Waals surface area (Å²) in [6, 6.07) is 10.9. The quantitative estimate of drug-likeness (QED) is 0.855. The second-order valence-electron chi connectivity index (χ2n) is 6.40. The lowest BCUT2D eigenvalue weighted by Crippen LogP contribution is -2.32. The van der Waals surface area contributed by atoms with Crippen LogP contribution in [-0.2, 0) is 0 Å². The van der Waals surface area contributed by atoms with Crippen LogP contribution in [0.4, 0.5) is 11.4 Å². The number of carbonyl (C=O) groups excluding carboxylic acids is 2. The van der Waals surface area contributed by atoms with Gasteiger partial charge in [0.15, 0.2) is 5.78 Å². The van der Waals surface area contributed by atoms with Crippen LogP contribution in [0.3, 0.4) is 0 Å². The first-order valence-electron chi connectivity index (χ1n) is 8.77. The SMILES string of the molecule is CC(=O)c1cccc(Nc2ccc(C(=O)N3CCCCCC3)nc2)c1. The zero-order valence-electron chi connectivity index (χ0n) is 14.5. The summed E-state index contributed by atoms with van der Waals surface area (Å²) in [7, 11) is 0. The predicted octanol–water partition coefficient (Wildman–Crippen LogP) is 4.04. The maximum absolute atomic E-state index is 12.5. The van der Waals surface area contributed by atoms with Gasteiger partial charge in [-0.25, -0.2) is 4.98 Å². The first-order valence-corrected chi connectivity index (χ1v) is 8.77. The molecule has 0 unspecified atom stereocenters. The van der Waals surface area contributed by atoms with Gasteiger partial charge < -0.3 is 10.2 Å². The molecular weight excluding hydrogens is 314 g/mol. The number of pyridine rings is 1. The van der Waals surface area contributed by atoms with Gasteiger partial charge in [-0.1, -0.05) is 25.0 Å². The lowest BCUT2D eigenvalue weighted by molar-refractivity contribution is 0.0755. The third-order valence-electron chi connectivity index (χ3n) is 4.43. The fourth-order valence-corrected chi connectivity index (χ4v) is 3.01. The zero-order valence-corrected chi connectivity index (χ0v) is 14.5. The number of benzene rings is 1. The van der Waals surface area contributed by atoms with Crippen molar-refractivity contribution in [2.24, 2.45) is 0 Å². The molecule has 130 valence electrons. The number of nitrogens with zero attached hydrogens (tertiary/aromatic N) is 2. The van der Waals surface area contributed by atoms with Crippen molar-refractivity contribution >= 4 is 23.1 Å². The summed E-state index contributed by atoms with van der Waals surface area (Å²) in [5.74, 6) is 0.0344. The van der Waals surface area contributed by atoms with E-state index in [2.05, 4.69) is 10.3 Å². The molecule has 0 aliphatic carbocycles. The monoisotopic (exact) mass is 337 g/mol. The minimum absolute atomic E-state index is 0.00651. The van der Waals surface area contributed by atoms with Gasteiger partial charge in [-0.2, -0.15) is 0 Å². The molecular formula is C20H23N3O2. The predicted molar refractivity (Wildman–Crippen MR) is 98.3 cm³/mol. The minimum atomic E-state index is 0.00651. The van der Waals surface area contributed by atoms with Gasteiger partial charge in [0, 0.05) is 24.3 Å². The third-order valence-corrected chi connectivity index (χ3v) is 4.43. The fraction of sp³-hybridized carbons (Fsp3) is 0.350. The van der Waals surface area contributed by atoms with Gasteiger partial charge in [0.2, 0.25) is 0 Å². The highest BCUT2D eigenvalue weighted by Crippen LogP contribution is 2.18. The van der Waals surface area contributed by atoms with Crippen LogP contribution in [0, 0.1) is 0 Å². The molecule has 1 N–H and O–H groups in total. The number of likely N-dealkylation sites (tertiary alicyclic amines) is 1. The minimum Gasteiger partial charge on any atom is -0.354 e. The Morgan fingerprint density at radius 1 is 1.00 bits per heavy atom. The molecule has 0 spiro atoms. The van der Waals surface area contributed by atoms with Crippen molar-refractivity contribution in [2.45, 2.75) is 32.6 Å². The second-order valence-corrected chi connectivity index (χ2v) is 6.40. The zero-order chi connectivity index (χ0) is 17.6. The first kappa shape index (κ1) is 17.1. The Labute approximate surface area is 148 Å². The van der Waals surface area contributed by atoms with Gasteiger partial charge in [-0.3, -0.25) is 9.59 Å². The van der Waals surface area contributed by atoms with Crippen LogP contribution < -0.4 is 5.32 Å². The fourth-order valence-electron chi connectivity index (χ4n) is 3.01. The summed E-state index contributed by atoms with van der Waals surface area (Å²) in [6.45, 7) is 3.18. The van der Waals surface area contributed by atoms with E-state index in [0.29, 0.717) is 11.3 Å². The molecule has 1 aromatic heterocycles. The van der Waals surface area contributed by atoms with Crippen LogP contribution >= 0.6 is 0 Å². The summed E-state index contributed by atoms with van der Waals surface area (Å²) in [4.78, 5) is 30.2. The largest absolute Gasteiger partial charge is 0.354 e. The number of nitrogens with one attached hydrogen (secondary N) is 1. The smallest absolute Gasteiger partial charge is 0.272 e. The molecule has 1 aromatic carbocycles. The van der Waals surface area contributed by atoms with E-state index in [1.807, 2.05) is 23.1 Å². The van der Waals surface area contributed by atoms with Crippen LogP contribution in [0.1, 0.15) is 53.5 Å². The molecule has 0 saturated carbocycles. The highest BCUT2D eigenvalue weighted by molar-refractivity contribution is 5.95. The van der Waals surface area contributed by atoms with E-state index in [9.17, 15) is 9.59 Å². The van der Waals surface area contributed by atoms with Crippen molar-refractivity contribution in [3.8, 4) is 0 Å². The third kappa shape index (κ3) is 4.44. The molecule has 1 aliphatic rings. The van der Waals surface area contributed by atoms with Crippen LogP contribution in [0.5, 0.6) is 0 Å². The maximum atomic E-state index is 12.5. The number of rotatable bonds is 4. The Kier molecular flexibility index (Phi) is 5.43. The van der Waals surface area contributed by atoms with Crippen LogP contribution in [-0.4, -0.2) is 34.7 Å². The Hall–Kier alpha value is -2.69. The van der Waals surface area contributed by atoms with Crippen molar-refractivity contribution in [3.63, 3.8) is 0 Å². The van der Waals surface area contributed by atoms with E-state index in [1.165, 1.54) is 12.8 Å². The molecule has 1 aliphatic heterocycles. The molecule has 5 nitrogen and oxygen atoms in total. The summed E-state index contributed by atoms with van der Waals surface area (Å²) in [6.07, 6.45) is 6.18. The molecule has 0 atom stereocenters. The molecule has 1 amide bonds. The number of hydrogen-bond donors (Lipinski definition) is 1. The number of hydrogen-bond acceptors (Lipinski definition) is 4. The lowest BCUT2D eigenvalue weighted by atomic mass is 10.1. The molecule has 25 heavy (non-hydrogen) atoms. The summed E-state index contributed by atoms with van der Waals surface area (Å²) < 4.78 is 0. The van der Waals surface area contributed by atoms with Crippen LogP contribution in [0.2, 0.25) is 0 Å². The van der Waals surface area contributed by atoms with E-state index < -0.39 is 0 Å². The summed E-state index contributed by atoms with van der Waals surface area (Å²) in [5.41, 5.74) is 2.74. The van der Waals surface area contributed by atoms with Gasteiger partial charge in [-0.15, -0.1) is 0 Å². The molecule has 1 saturated heterocycles. The number of carbonyl (C=O) groups is 2. The topological polar surface area (TPSA) is 62.3 Å². The van der Waals surface area contributed by atoms with Crippen molar-refractivity contribution in [1.82, 2.24) is 9.88 Å². The van der Waals surface area contributed by atoms with Crippen LogP contribution in [0.25, 0.3) is 0 Å². The van der Waals surface area contributed by atoms with Crippen molar-refractivity contribution in [3.05, 3.63) is 53.9 Å². The highest BCUT2D eigenvalue weighted by atomic mass is 16.2. The molecule has 2 heterocycles. The summed E-state index contributed by atoms with van der Waals surface area (Å²) >= 11 is 0. The van der Waals surface area contributed by atoms with E-state index in [4.69, 9.17) is 0 Å². The molecule has 0 bridgehead atoms. The van der Waals surface area contributed by atoms with Crippen molar-refractivity contribution in [1.29, 1.82) is 0 Å². The molecule has 3 rings (SSSR count). The average molecular weight is 337 g/mol. The lowest BCUT2D eigenvalue weighted by Gasteiger charge is -2.19. The maximum Gasteiger partial charge on any atom is 0.272 e. The average Bonchev–Trinajstić information content (AvgIpc) is 2.91. The number of aromatic nitrogens is 1. The van der Waals surface area contributed by atoms with Gasteiger partial charge in [0.05, 0.1) is 11.9 Å². The normalized spacial score (nSPS) is 14.7. The number of amides is 1. The van der Waals surface area contributed by atoms with E-state index >= 15 is 0 Å². The Morgan fingerprint density at radius 3 is 2.40 bits per heavy atom. The number of anilines is 2. The van der Waals surface area contributed by atoms with Crippen molar-refractivity contribution < 1.29 is 9.59 Å². The Bertz CT molecular complexity index is 748. The molecule has 5 heteroatoms. The van der Waals surface area contributed by atoms with E-state index in [-0.39, 0.29) is 11.7 Å². The highest BCUT2D eigenvalue weighted by Gasteiger charge is 2.18. The second kappa shape index (κ2) is 7.92. The van der Waals surface area contributed by atoms with Gasteiger partial charge in [-0.05, 0) is 44.0 Å². The number of ketones is 1. The van der Waals surface area contributed by atoms with Gasteiger partial charge in [0.25, 0.3) is 5.91 Å². The standard InChI is InChI=1S/C20H23N3O2/c1-15(24)16-7-6-8-17(13-16)22-18-9-10-19(21-14-18)20(25)23-11-4-2-3-5-12-23/h6-10,13-14,22H,2-5,11-12H2,1H3. The molecule has 2 aromatic rings. The van der Waals surface area contributed by atoms with Crippen LogP contribution in [0.15, 0.2) is 42.6 Å². The number of Topliss-reactive ketones (excluding diaryl/α,β-unsaturated/α-hetero) is 1. The van der Waals surface area contributed by atoms with Gasteiger partial charge in [0.1, 0.15) is 5.69 Å². The summed E-state index contributed by atoms with van der Waals surface area (Å²) in [5, 5.41) is 3.22. The Balaban J connectivity index is 1.68. The van der Waals surface area contributed by atoms with E-state index in [1.54, 1.807) is 31.3 Å². The first-order chi connectivity index (χ1) is 12.1.